The number of nitrogens with one attached hydrogen (secondary N) is 1. The van der Waals surface area contributed by atoms with Crippen LogP contribution in [0.25, 0.3) is 0 Å². The molecule has 0 saturated carbocycles. The highest BCUT2D eigenvalue weighted by Gasteiger charge is 2.23. The topological polar surface area (TPSA) is 66.5 Å². The third-order valence-corrected chi connectivity index (χ3v) is 6.21. The Balaban J connectivity index is 2.21. The molecule has 2 aromatic carbocycles. The Morgan fingerprint density at radius 3 is 2.24 bits per heavy atom. The van der Waals surface area contributed by atoms with Crippen molar-refractivity contribution in [2.24, 2.45) is 0 Å². The molecule has 25 heavy (non-hydrogen) atoms. The first-order chi connectivity index (χ1) is 11.8. The van der Waals surface area contributed by atoms with Crippen LogP contribution in [0.4, 0.5) is 5.69 Å². The van der Waals surface area contributed by atoms with Crippen LogP contribution in [0, 0.1) is 0 Å². The highest BCUT2D eigenvalue weighted by atomic mass is 32.2. The maximum Gasteiger partial charge on any atom is 0.255 e. The van der Waals surface area contributed by atoms with Crippen LogP contribution in [0.15, 0.2) is 53.4 Å². The summed E-state index contributed by atoms with van der Waals surface area (Å²) < 4.78 is 26.2. The number of benzene rings is 2. The second-order valence-electron chi connectivity index (χ2n) is 6.10. The summed E-state index contributed by atoms with van der Waals surface area (Å²) in [4.78, 5) is 12.6. The van der Waals surface area contributed by atoms with Gasteiger partial charge in [-0.05, 0) is 56.2 Å². The van der Waals surface area contributed by atoms with Crippen LogP contribution < -0.4 is 5.32 Å². The van der Waals surface area contributed by atoms with Gasteiger partial charge < -0.3 is 5.32 Å². The van der Waals surface area contributed by atoms with Crippen molar-refractivity contribution in [1.29, 1.82) is 0 Å². The summed E-state index contributed by atoms with van der Waals surface area (Å²) in [5, 5.41) is 2.88. The van der Waals surface area contributed by atoms with Gasteiger partial charge in [-0.3, -0.25) is 4.79 Å². The fourth-order valence-corrected chi connectivity index (χ4v) is 3.73. The fraction of sp³-hybridized carbons (Fsp3) is 0.316. The van der Waals surface area contributed by atoms with Crippen molar-refractivity contribution in [2.45, 2.75) is 38.1 Å². The average Bonchev–Trinajstić information content (AvgIpc) is 2.61. The maximum atomic E-state index is 12.5. The smallest absolute Gasteiger partial charge is 0.255 e. The number of rotatable bonds is 6. The van der Waals surface area contributed by atoms with Crippen LogP contribution in [-0.4, -0.2) is 31.7 Å². The number of aryl methyl sites for hydroxylation is 1. The molecule has 0 bridgehead atoms. The highest BCUT2D eigenvalue weighted by Crippen LogP contribution is 2.19. The molecule has 0 heterocycles. The van der Waals surface area contributed by atoms with Gasteiger partial charge in [-0.15, -0.1) is 0 Å². The largest absolute Gasteiger partial charge is 0.322 e. The molecule has 0 aliphatic carbocycles. The maximum absolute atomic E-state index is 12.5. The lowest BCUT2D eigenvalue weighted by Crippen LogP contribution is -2.33. The minimum Gasteiger partial charge on any atom is -0.322 e. The van der Waals surface area contributed by atoms with Crippen molar-refractivity contribution in [1.82, 2.24) is 4.31 Å². The normalized spacial score (nSPS) is 11.8. The first-order valence-corrected chi connectivity index (χ1v) is 9.68. The number of para-hydroxylation sites is 1. The summed E-state index contributed by atoms with van der Waals surface area (Å²) in [5.41, 5.74) is 2.23. The summed E-state index contributed by atoms with van der Waals surface area (Å²) in [6, 6.07) is 13.5. The first kappa shape index (κ1) is 19.1. The third-order valence-electron chi connectivity index (χ3n) is 4.17. The molecule has 2 rings (SSSR count). The van der Waals surface area contributed by atoms with Crippen molar-refractivity contribution in [3.8, 4) is 0 Å². The van der Waals surface area contributed by atoms with Crippen molar-refractivity contribution in [2.75, 3.05) is 12.4 Å². The van der Waals surface area contributed by atoms with Gasteiger partial charge in [-0.25, -0.2) is 8.42 Å². The van der Waals surface area contributed by atoms with Gasteiger partial charge in [-0.1, -0.05) is 25.1 Å². The van der Waals surface area contributed by atoms with Gasteiger partial charge in [0.05, 0.1) is 4.90 Å². The number of carbonyl (C=O) groups excluding carboxylic acids is 1. The lowest BCUT2D eigenvalue weighted by atomic mass is 10.1. The molecule has 0 saturated heterocycles. The molecule has 1 N–H and O–H groups in total. The van der Waals surface area contributed by atoms with E-state index in [0.29, 0.717) is 5.56 Å². The molecular formula is C19H24N2O3S. The van der Waals surface area contributed by atoms with Crippen LogP contribution >= 0.6 is 0 Å². The predicted molar refractivity (Wildman–Crippen MR) is 100 cm³/mol. The summed E-state index contributed by atoms with van der Waals surface area (Å²) in [6.07, 6.45) is 0.815. The molecule has 0 aromatic heterocycles. The number of hydrogen-bond acceptors (Lipinski definition) is 3. The fourth-order valence-electron chi connectivity index (χ4n) is 2.37. The van der Waals surface area contributed by atoms with Crippen molar-refractivity contribution in [3.63, 3.8) is 0 Å². The zero-order valence-corrected chi connectivity index (χ0v) is 15.8. The van der Waals surface area contributed by atoms with Gasteiger partial charge in [0.25, 0.3) is 5.91 Å². The molecule has 0 unspecified atom stereocenters. The van der Waals surface area contributed by atoms with Crippen LogP contribution in [-0.2, 0) is 16.4 Å². The Kier molecular flexibility index (Phi) is 5.98. The van der Waals surface area contributed by atoms with E-state index in [1.54, 1.807) is 7.05 Å². The van der Waals surface area contributed by atoms with Crippen molar-refractivity contribution in [3.05, 3.63) is 59.7 Å². The molecule has 0 aliphatic rings. The summed E-state index contributed by atoms with van der Waals surface area (Å²) in [7, 11) is -2.00. The van der Waals surface area contributed by atoms with Gasteiger partial charge in [0.1, 0.15) is 0 Å². The molecule has 0 spiro atoms. The van der Waals surface area contributed by atoms with Gasteiger partial charge in [0.15, 0.2) is 0 Å². The number of carbonyl (C=O) groups is 1. The molecule has 134 valence electrons. The second-order valence-corrected chi connectivity index (χ2v) is 8.10. The SMILES string of the molecule is CCc1ccccc1NC(=O)c1ccc(S(=O)(=O)N(C)C(C)C)cc1. The van der Waals surface area contributed by atoms with E-state index < -0.39 is 10.0 Å². The molecule has 0 aliphatic heterocycles. The number of nitrogens with zero attached hydrogens (tertiary/aromatic N) is 1. The van der Waals surface area contributed by atoms with Gasteiger partial charge in [0, 0.05) is 24.3 Å². The molecular weight excluding hydrogens is 336 g/mol. The van der Waals surface area contributed by atoms with Crippen LogP contribution in [0.1, 0.15) is 36.7 Å². The van der Waals surface area contributed by atoms with E-state index >= 15 is 0 Å². The quantitative estimate of drug-likeness (QED) is 0.857. The molecule has 5 nitrogen and oxygen atoms in total. The summed E-state index contributed by atoms with van der Waals surface area (Å²) >= 11 is 0. The second kappa shape index (κ2) is 7.80. The number of sulfonamides is 1. The van der Waals surface area contributed by atoms with Crippen molar-refractivity contribution < 1.29 is 13.2 Å². The van der Waals surface area contributed by atoms with Crippen molar-refractivity contribution >= 4 is 21.6 Å². The van der Waals surface area contributed by atoms with Crippen LogP contribution in [0.3, 0.4) is 0 Å². The Morgan fingerprint density at radius 1 is 1.08 bits per heavy atom. The standard InChI is InChI=1S/C19H24N2O3S/c1-5-15-8-6-7-9-18(15)20-19(22)16-10-12-17(13-11-16)25(23,24)21(4)14(2)3/h6-14H,5H2,1-4H3,(H,20,22). The van der Waals surface area contributed by atoms with Gasteiger partial charge in [0.2, 0.25) is 10.0 Å². The van der Waals surface area contributed by atoms with E-state index in [4.69, 9.17) is 0 Å². The molecule has 0 radical (unpaired) electrons. The average molecular weight is 360 g/mol. The van der Waals surface area contributed by atoms with Gasteiger partial charge >= 0.3 is 0 Å². The van der Waals surface area contributed by atoms with Crippen LogP contribution in [0.5, 0.6) is 0 Å². The zero-order valence-electron chi connectivity index (χ0n) is 15.0. The third kappa shape index (κ3) is 4.27. The minimum absolute atomic E-state index is 0.140. The van der Waals surface area contributed by atoms with Crippen LogP contribution in [0.2, 0.25) is 0 Å². The first-order valence-electron chi connectivity index (χ1n) is 8.24. The zero-order chi connectivity index (χ0) is 18.6. The van der Waals surface area contributed by atoms with E-state index in [1.807, 2.05) is 45.0 Å². The Labute approximate surface area is 149 Å². The predicted octanol–water partition coefficient (Wildman–Crippen LogP) is 3.53. The lowest BCUT2D eigenvalue weighted by Gasteiger charge is -2.21. The van der Waals surface area contributed by atoms with E-state index in [2.05, 4.69) is 5.32 Å². The highest BCUT2D eigenvalue weighted by molar-refractivity contribution is 7.89. The Bertz CT molecular complexity index is 843. The lowest BCUT2D eigenvalue weighted by molar-refractivity contribution is 0.102. The molecule has 2 aromatic rings. The Hall–Kier alpha value is -2.18. The molecule has 0 atom stereocenters. The minimum atomic E-state index is -3.55. The van der Waals surface area contributed by atoms with E-state index in [1.165, 1.54) is 28.6 Å². The number of amides is 1. The molecule has 6 heteroatoms. The van der Waals surface area contributed by atoms with E-state index in [-0.39, 0.29) is 16.8 Å². The summed E-state index contributed by atoms with van der Waals surface area (Å²) in [6.45, 7) is 5.64. The van der Waals surface area contributed by atoms with Gasteiger partial charge in [-0.2, -0.15) is 4.31 Å². The molecule has 1 amide bonds. The number of anilines is 1. The van der Waals surface area contributed by atoms with E-state index in [9.17, 15) is 13.2 Å². The Morgan fingerprint density at radius 2 is 1.68 bits per heavy atom. The summed E-state index contributed by atoms with van der Waals surface area (Å²) in [5.74, 6) is -0.262. The monoisotopic (exact) mass is 360 g/mol. The number of hydrogen-bond donors (Lipinski definition) is 1. The molecule has 0 fully saturated rings. The van der Waals surface area contributed by atoms with E-state index in [0.717, 1.165) is 17.7 Å².